The van der Waals surface area contributed by atoms with Crippen LogP contribution >= 0.6 is 0 Å². The predicted octanol–water partition coefficient (Wildman–Crippen LogP) is 3.84. The van der Waals surface area contributed by atoms with Gasteiger partial charge in [-0.25, -0.2) is 4.68 Å². The van der Waals surface area contributed by atoms with Crippen LogP contribution < -0.4 is 10.5 Å². The summed E-state index contributed by atoms with van der Waals surface area (Å²) in [4.78, 5) is 21.6. The number of benzene rings is 2. The van der Waals surface area contributed by atoms with Gasteiger partial charge in [0.15, 0.2) is 5.82 Å². The average Bonchev–Trinajstić information content (AvgIpc) is 3.61. The Morgan fingerprint density at radius 2 is 1.79 bits per heavy atom. The van der Waals surface area contributed by atoms with Gasteiger partial charge in [-0.1, -0.05) is 12.1 Å². The van der Waals surface area contributed by atoms with E-state index in [1.54, 1.807) is 0 Å². The predicted molar refractivity (Wildman–Crippen MR) is 152 cm³/mol. The lowest BCUT2D eigenvalue weighted by Crippen LogP contribution is -2.49. The number of hydrogen-bond acceptors (Lipinski definition) is 7. The number of H-pyrrole nitrogens is 1. The molecule has 2 aromatic carbocycles. The first-order chi connectivity index (χ1) is 18.9. The Bertz CT molecular complexity index is 1540. The van der Waals surface area contributed by atoms with Gasteiger partial charge in [0, 0.05) is 49.6 Å². The lowest BCUT2D eigenvalue weighted by molar-refractivity contribution is 0.0906. The topological polar surface area (TPSA) is 92.2 Å². The van der Waals surface area contributed by atoms with Crippen LogP contribution in [0.25, 0.3) is 10.9 Å². The highest BCUT2D eigenvalue weighted by Crippen LogP contribution is 2.31. The quantitative estimate of drug-likeness (QED) is 0.407. The van der Waals surface area contributed by atoms with Crippen LogP contribution in [0.4, 0.5) is 5.69 Å². The van der Waals surface area contributed by atoms with Gasteiger partial charge in [-0.3, -0.25) is 9.69 Å². The van der Waals surface area contributed by atoms with Crippen LogP contribution in [0.5, 0.6) is 0 Å². The fraction of sp³-hybridized carbons (Fsp3) is 0.467. The summed E-state index contributed by atoms with van der Waals surface area (Å²) in [6.45, 7) is 13.1. The zero-order valence-electron chi connectivity index (χ0n) is 23.3. The Morgan fingerprint density at radius 3 is 2.56 bits per heavy atom. The second kappa shape index (κ2) is 10.5. The molecule has 0 amide bonds. The number of nitrogens with one attached hydrogen (secondary N) is 1. The van der Waals surface area contributed by atoms with E-state index < -0.39 is 0 Å². The van der Waals surface area contributed by atoms with E-state index in [2.05, 4.69) is 88.3 Å². The lowest BCUT2D eigenvalue weighted by Gasteiger charge is -2.40. The monoisotopic (exact) mass is 527 g/mol. The molecule has 9 nitrogen and oxygen atoms in total. The first-order valence-electron chi connectivity index (χ1n) is 14.0. The molecule has 2 aliphatic heterocycles. The molecular weight excluding hydrogens is 490 g/mol. The number of pyridine rings is 1. The lowest BCUT2D eigenvalue weighted by atomic mass is 10.00. The van der Waals surface area contributed by atoms with Crippen LogP contribution in [0.15, 0.2) is 41.2 Å². The summed E-state index contributed by atoms with van der Waals surface area (Å²) in [6.07, 6.45) is 2.14. The van der Waals surface area contributed by atoms with Crippen LogP contribution in [-0.2, 0) is 11.3 Å². The summed E-state index contributed by atoms with van der Waals surface area (Å²) in [5.41, 5.74) is 7.61. The SMILES string of the molecule is Cc1ccc(C)c(N2CCN(C(c3cc4cc(C)c(C)cc4[nH]c3=O)c3nnnn3CC3CCCO3)CC2)c1. The minimum atomic E-state index is -0.364. The summed E-state index contributed by atoms with van der Waals surface area (Å²) < 4.78 is 7.75. The van der Waals surface area contributed by atoms with Crippen LogP contribution in [0.3, 0.4) is 0 Å². The van der Waals surface area contributed by atoms with Gasteiger partial charge in [0.25, 0.3) is 5.56 Å². The van der Waals surface area contributed by atoms with E-state index in [1.165, 1.54) is 22.4 Å². The van der Waals surface area contributed by atoms with E-state index in [4.69, 9.17) is 4.74 Å². The maximum atomic E-state index is 13.6. The van der Waals surface area contributed by atoms with Gasteiger partial charge in [-0.15, -0.1) is 5.10 Å². The van der Waals surface area contributed by atoms with Crippen molar-refractivity contribution < 1.29 is 4.74 Å². The third-order valence-electron chi connectivity index (χ3n) is 8.37. The molecule has 4 aromatic rings. The number of fused-ring (bicyclic) bond motifs is 1. The molecule has 4 heterocycles. The standard InChI is InChI=1S/C30H37N7O2/c1-19-7-8-20(2)27(14-19)35-9-11-36(12-10-35)28(29-32-33-34-37(29)18-24-6-5-13-39-24)25-17-23-15-21(3)22(4)16-26(23)31-30(25)38/h7-8,14-17,24,28H,5-6,9-13,18H2,1-4H3,(H,31,38). The molecule has 0 radical (unpaired) electrons. The van der Waals surface area contributed by atoms with Gasteiger partial charge < -0.3 is 14.6 Å². The first-order valence-corrected chi connectivity index (χ1v) is 14.0. The van der Waals surface area contributed by atoms with Crippen molar-refractivity contribution in [2.24, 2.45) is 0 Å². The third-order valence-corrected chi connectivity index (χ3v) is 8.37. The van der Waals surface area contributed by atoms with Gasteiger partial charge in [0.1, 0.15) is 6.04 Å². The molecule has 2 aliphatic rings. The summed E-state index contributed by atoms with van der Waals surface area (Å²) in [7, 11) is 0. The summed E-state index contributed by atoms with van der Waals surface area (Å²) in [6, 6.07) is 12.5. The van der Waals surface area contributed by atoms with Crippen molar-refractivity contribution in [1.82, 2.24) is 30.1 Å². The van der Waals surface area contributed by atoms with Crippen molar-refractivity contribution >= 4 is 16.6 Å². The number of anilines is 1. The average molecular weight is 528 g/mol. The molecule has 0 saturated carbocycles. The molecule has 6 rings (SSSR count). The molecule has 0 bridgehead atoms. The molecule has 2 fully saturated rings. The van der Waals surface area contributed by atoms with E-state index >= 15 is 0 Å². The minimum absolute atomic E-state index is 0.0922. The first kappa shape index (κ1) is 25.7. The molecule has 2 saturated heterocycles. The molecule has 0 spiro atoms. The Hall–Kier alpha value is -3.56. The molecule has 1 N–H and O–H groups in total. The minimum Gasteiger partial charge on any atom is -0.376 e. The molecule has 2 aromatic heterocycles. The summed E-state index contributed by atoms with van der Waals surface area (Å²) in [5, 5.41) is 13.9. The third kappa shape index (κ3) is 5.08. The normalized spacial score (nSPS) is 19.2. The Kier molecular flexibility index (Phi) is 6.95. The Labute approximate surface area is 228 Å². The van der Waals surface area contributed by atoms with Crippen LogP contribution in [-0.4, -0.2) is 69.0 Å². The van der Waals surface area contributed by atoms with Crippen molar-refractivity contribution in [3.8, 4) is 0 Å². The maximum absolute atomic E-state index is 13.6. The van der Waals surface area contributed by atoms with Crippen molar-refractivity contribution in [3.63, 3.8) is 0 Å². The van der Waals surface area contributed by atoms with Crippen molar-refractivity contribution in [1.29, 1.82) is 0 Å². The maximum Gasteiger partial charge on any atom is 0.253 e. The number of aromatic amines is 1. The summed E-state index contributed by atoms with van der Waals surface area (Å²) in [5.74, 6) is 0.694. The summed E-state index contributed by atoms with van der Waals surface area (Å²) >= 11 is 0. The molecular formula is C30H37N7O2. The van der Waals surface area contributed by atoms with Crippen LogP contribution in [0, 0.1) is 27.7 Å². The number of tetrazole rings is 1. The number of aromatic nitrogens is 5. The molecule has 0 aliphatic carbocycles. The van der Waals surface area contributed by atoms with Crippen molar-refractivity contribution in [3.05, 3.63) is 80.4 Å². The largest absolute Gasteiger partial charge is 0.376 e. The highest BCUT2D eigenvalue weighted by atomic mass is 16.5. The Morgan fingerprint density at radius 1 is 1.00 bits per heavy atom. The van der Waals surface area contributed by atoms with Crippen LogP contribution in [0.1, 0.15) is 52.5 Å². The van der Waals surface area contributed by atoms with Gasteiger partial charge in [-0.05, 0) is 103 Å². The van der Waals surface area contributed by atoms with Crippen molar-refractivity contribution in [2.75, 3.05) is 37.7 Å². The van der Waals surface area contributed by atoms with Gasteiger partial charge >= 0.3 is 0 Å². The zero-order valence-corrected chi connectivity index (χ0v) is 23.3. The molecule has 204 valence electrons. The van der Waals surface area contributed by atoms with E-state index in [0.717, 1.165) is 62.1 Å². The molecule has 2 unspecified atom stereocenters. The zero-order chi connectivity index (χ0) is 27.1. The fourth-order valence-electron chi connectivity index (χ4n) is 6.00. The number of nitrogens with zero attached hydrogens (tertiary/aromatic N) is 6. The van der Waals surface area contributed by atoms with E-state index in [0.29, 0.717) is 17.9 Å². The second-order valence-corrected chi connectivity index (χ2v) is 11.1. The highest BCUT2D eigenvalue weighted by molar-refractivity contribution is 5.81. The van der Waals surface area contributed by atoms with Gasteiger partial charge in [0.2, 0.25) is 0 Å². The fourth-order valence-corrected chi connectivity index (χ4v) is 6.00. The molecule has 2 atom stereocenters. The number of rotatable bonds is 6. The molecule has 9 heteroatoms. The number of aryl methyl sites for hydroxylation is 4. The van der Waals surface area contributed by atoms with Crippen molar-refractivity contribution in [2.45, 2.75) is 59.2 Å². The van der Waals surface area contributed by atoms with E-state index in [-0.39, 0.29) is 17.7 Å². The Balaban J connectivity index is 1.38. The van der Waals surface area contributed by atoms with E-state index in [1.807, 2.05) is 10.7 Å². The number of piperazine rings is 1. The van der Waals surface area contributed by atoms with Gasteiger partial charge in [-0.2, -0.15) is 0 Å². The van der Waals surface area contributed by atoms with E-state index in [9.17, 15) is 4.79 Å². The molecule has 39 heavy (non-hydrogen) atoms. The highest BCUT2D eigenvalue weighted by Gasteiger charge is 2.34. The smallest absolute Gasteiger partial charge is 0.253 e. The van der Waals surface area contributed by atoms with Crippen LogP contribution in [0.2, 0.25) is 0 Å². The second-order valence-electron chi connectivity index (χ2n) is 11.1. The van der Waals surface area contributed by atoms with Gasteiger partial charge in [0.05, 0.1) is 12.6 Å². The number of ether oxygens (including phenoxy) is 1. The number of hydrogen-bond donors (Lipinski definition) is 1.